The Morgan fingerprint density at radius 2 is 1.53 bits per heavy atom. The fraction of sp³-hybridized carbons (Fsp3) is 0. The summed E-state index contributed by atoms with van der Waals surface area (Å²) in [6.45, 7) is 0. The molecule has 2 heteroatoms. The van der Waals surface area contributed by atoms with E-state index in [9.17, 15) is 9.90 Å². The van der Waals surface area contributed by atoms with E-state index < -0.39 is 0 Å². The molecule has 3 rings (SSSR count). The zero-order valence-electron chi connectivity index (χ0n) is 10.2. The lowest BCUT2D eigenvalue weighted by molar-refractivity contribution is 0.104. The van der Waals surface area contributed by atoms with Crippen LogP contribution in [0, 0.1) is 0 Å². The molecule has 0 unspecified atom stereocenters. The summed E-state index contributed by atoms with van der Waals surface area (Å²) in [5.74, 6) is 0.0330. The molecule has 0 aliphatic heterocycles. The minimum Gasteiger partial charge on any atom is -0.508 e. The molecule has 0 heterocycles. The number of ketones is 1. The molecule has 0 saturated carbocycles. The number of hydrogen-bond donors (Lipinski definition) is 1. The Balaban J connectivity index is 2.23. The van der Waals surface area contributed by atoms with Gasteiger partial charge in [0, 0.05) is 11.1 Å². The zero-order chi connectivity index (χ0) is 13.2. The van der Waals surface area contributed by atoms with E-state index in [2.05, 4.69) is 0 Å². The average molecular weight is 248 g/mol. The number of hydrogen-bond acceptors (Lipinski definition) is 2. The summed E-state index contributed by atoms with van der Waals surface area (Å²) in [6.07, 6.45) is 0. The third-order valence-corrected chi connectivity index (χ3v) is 3.13. The minimum atomic E-state index is -0.0762. The van der Waals surface area contributed by atoms with E-state index in [1.54, 1.807) is 18.2 Å². The van der Waals surface area contributed by atoms with Crippen molar-refractivity contribution >= 4 is 16.6 Å². The second-order valence-electron chi connectivity index (χ2n) is 4.41. The van der Waals surface area contributed by atoms with Crippen molar-refractivity contribution in [1.29, 1.82) is 0 Å². The maximum Gasteiger partial charge on any atom is 0.193 e. The first-order valence-corrected chi connectivity index (χ1v) is 6.07. The molecule has 3 aromatic carbocycles. The first kappa shape index (κ1) is 11.5. The van der Waals surface area contributed by atoms with Crippen LogP contribution < -0.4 is 0 Å². The van der Waals surface area contributed by atoms with Gasteiger partial charge in [0.25, 0.3) is 0 Å². The van der Waals surface area contributed by atoms with Gasteiger partial charge in [0.15, 0.2) is 5.78 Å². The van der Waals surface area contributed by atoms with Crippen LogP contribution in [0.1, 0.15) is 15.9 Å². The number of carbonyl (C=O) groups is 1. The molecule has 19 heavy (non-hydrogen) atoms. The SMILES string of the molecule is O=C(c1ccccc1)c1cc(O)cc2ccccc12. The minimum absolute atomic E-state index is 0.0762. The lowest BCUT2D eigenvalue weighted by Gasteiger charge is -2.07. The number of aromatic hydroxyl groups is 1. The lowest BCUT2D eigenvalue weighted by Crippen LogP contribution is -2.01. The van der Waals surface area contributed by atoms with Gasteiger partial charge >= 0.3 is 0 Å². The Labute approximate surface area is 110 Å². The van der Waals surface area contributed by atoms with Crippen LogP contribution in [0.2, 0.25) is 0 Å². The maximum absolute atomic E-state index is 12.5. The van der Waals surface area contributed by atoms with E-state index in [1.165, 1.54) is 6.07 Å². The standard InChI is InChI=1S/C17H12O2/c18-14-10-13-8-4-5-9-15(13)16(11-14)17(19)12-6-2-1-3-7-12/h1-11,18H. The van der Waals surface area contributed by atoms with Crippen LogP contribution in [0.15, 0.2) is 66.7 Å². The van der Waals surface area contributed by atoms with Crippen molar-refractivity contribution in [2.45, 2.75) is 0 Å². The number of fused-ring (bicyclic) bond motifs is 1. The summed E-state index contributed by atoms with van der Waals surface area (Å²) in [6, 6.07) is 19.8. The van der Waals surface area contributed by atoms with Gasteiger partial charge in [-0.25, -0.2) is 0 Å². The van der Waals surface area contributed by atoms with Gasteiger partial charge in [-0.15, -0.1) is 0 Å². The van der Waals surface area contributed by atoms with E-state index in [1.807, 2.05) is 42.5 Å². The fourth-order valence-electron chi connectivity index (χ4n) is 2.23. The molecular formula is C17H12O2. The van der Waals surface area contributed by atoms with Crippen molar-refractivity contribution < 1.29 is 9.90 Å². The van der Waals surface area contributed by atoms with Gasteiger partial charge in [-0.2, -0.15) is 0 Å². The van der Waals surface area contributed by atoms with Crippen LogP contribution in [-0.4, -0.2) is 10.9 Å². The highest BCUT2D eigenvalue weighted by Gasteiger charge is 2.13. The highest BCUT2D eigenvalue weighted by Crippen LogP contribution is 2.26. The van der Waals surface area contributed by atoms with Crippen LogP contribution in [0.5, 0.6) is 5.75 Å². The number of phenols is 1. The Morgan fingerprint density at radius 1 is 0.842 bits per heavy atom. The van der Waals surface area contributed by atoms with Gasteiger partial charge in [0.2, 0.25) is 0 Å². The summed E-state index contributed by atoms with van der Waals surface area (Å²) in [5, 5.41) is 11.5. The molecule has 0 spiro atoms. The van der Waals surface area contributed by atoms with Crippen molar-refractivity contribution in [2.24, 2.45) is 0 Å². The third kappa shape index (κ3) is 2.08. The molecule has 0 atom stereocenters. The number of phenolic OH excluding ortho intramolecular Hbond substituents is 1. The summed E-state index contributed by atoms with van der Waals surface area (Å²) >= 11 is 0. The Hall–Kier alpha value is -2.61. The predicted octanol–water partition coefficient (Wildman–Crippen LogP) is 3.78. The molecule has 0 radical (unpaired) electrons. The van der Waals surface area contributed by atoms with Gasteiger partial charge in [0.05, 0.1) is 0 Å². The molecule has 0 saturated heterocycles. The molecular weight excluding hydrogens is 236 g/mol. The molecule has 0 aromatic heterocycles. The molecule has 0 aliphatic carbocycles. The van der Waals surface area contributed by atoms with Crippen molar-refractivity contribution in [1.82, 2.24) is 0 Å². The van der Waals surface area contributed by atoms with Gasteiger partial charge in [0.1, 0.15) is 5.75 Å². The monoisotopic (exact) mass is 248 g/mol. The topological polar surface area (TPSA) is 37.3 Å². The Bertz CT molecular complexity index is 746. The van der Waals surface area contributed by atoms with E-state index in [0.29, 0.717) is 11.1 Å². The van der Waals surface area contributed by atoms with Crippen LogP contribution >= 0.6 is 0 Å². The number of benzene rings is 3. The second kappa shape index (κ2) is 4.58. The summed E-state index contributed by atoms with van der Waals surface area (Å²) in [7, 11) is 0. The Morgan fingerprint density at radius 3 is 2.32 bits per heavy atom. The number of carbonyl (C=O) groups excluding carboxylic acids is 1. The molecule has 0 amide bonds. The highest BCUT2D eigenvalue weighted by atomic mass is 16.3. The first-order valence-electron chi connectivity index (χ1n) is 6.07. The lowest BCUT2D eigenvalue weighted by atomic mass is 9.97. The molecule has 2 nitrogen and oxygen atoms in total. The van der Waals surface area contributed by atoms with Crippen LogP contribution in [0.4, 0.5) is 0 Å². The van der Waals surface area contributed by atoms with Crippen LogP contribution in [-0.2, 0) is 0 Å². The maximum atomic E-state index is 12.5. The summed E-state index contributed by atoms with van der Waals surface area (Å²) in [5.41, 5.74) is 1.15. The summed E-state index contributed by atoms with van der Waals surface area (Å²) < 4.78 is 0. The highest BCUT2D eigenvalue weighted by molar-refractivity contribution is 6.16. The van der Waals surface area contributed by atoms with E-state index in [4.69, 9.17) is 0 Å². The molecule has 0 fully saturated rings. The van der Waals surface area contributed by atoms with Crippen molar-refractivity contribution in [3.8, 4) is 5.75 Å². The van der Waals surface area contributed by atoms with E-state index in [-0.39, 0.29) is 11.5 Å². The average Bonchev–Trinajstić information content (AvgIpc) is 2.46. The van der Waals surface area contributed by atoms with Gasteiger partial charge in [-0.1, -0.05) is 54.6 Å². The molecule has 0 bridgehead atoms. The molecule has 3 aromatic rings. The third-order valence-electron chi connectivity index (χ3n) is 3.13. The van der Waals surface area contributed by atoms with E-state index in [0.717, 1.165) is 10.8 Å². The largest absolute Gasteiger partial charge is 0.508 e. The molecule has 0 aliphatic rings. The van der Waals surface area contributed by atoms with Crippen LogP contribution in [0.3, 0.4) is 0 Å². The quantitative estimate of drug-likeness (QED) is 0.701. The first-order chi connectivity index (χ1) is 9.25. The van der Waals surface area contributed by atoms with Gasteiger partial charge in [-0.05, 0) is 22.9 Å². The van der Waals surface area contributed by atoms with Crippen LogP contribution in [0.25, 0.3) is 10.8 Å². The normalized spacial score (nSPS) is 10.5. The van der Waals surface area contributed by atoms with Gasteiger partial charge in [-0.3, -0.25) is 4.79 Å². The molecule has 1 N–H and O–H groups in total. The van der Waals surface area contributed by atoms with Crippen molar-refractivity contribution in [2.75, 3.05) is 0 Å². The Kier molecular flexibility index (Phi) is 2.76. The smallest absolute Gasteiger partial charge is 0.193 e. The summed E-state index contributed by atoms with van der Waals surface area (Å²) in [4.78, 5) is 12.5. The zero-order valence-corrected chi connectivity index (χ0v) is 10.2. The predicted molar refractivity (Wildman–Crippen MR) is 75.5 cm³/mol. The fourth-order valence-corrected chi connectivity index (χ4v) is 2.23. The second-order valence-corrected chi connectivity index (χ2v) is 4.41. The van der Waals surface area contributed by atoms with Gasteiger partial charge < -0.3 is 5.11 Å². The van der Waals surface area contributed by atoms with E-state index >= 15 is 0 Å². The van der Waals surface area contributed by atoms with Crippen molar-refractivity contribution in [3.05, 3.63) is 77.9 Å². The molecule has 92 valence electrons. The van der Waals surface area contributed by atoms with Crippen molar-refractivity contribution in [3.63, 3.8) is 0 Å². The number of rotatable bonds is 2.